The van der Waals surface area contributed by atoms with E-state index in [4.69, 9.17) is 19.8 Å². The Labute approximate surface area is 152 Å². The van der Waals surface area contributed by atoms with Crippen LogP contribution in [0.5, 0.6) is 0 Å². The number of nitrogens with zero attached hydrogens (tertiary/aromatic N) is 5. The highest BCUT2D eigenvalue weighted by atomic mass is 16.5. The Morgan fingerprint density at radius 2 is 1.73 bits per heavy atom. The van der Waals surface area contributed by atoms with Crippen LogP contribution >= 0.6 is 0 Å². The minimum absolute atomic E-state index is 0.462. The number of benzene rings is 1. The molecule has 0 bridgehead atoms. The summed E-state index contributed by atoms with van der Waals surface area (Å²) in [5, 5.41) is 5.76. The Morgan fingerprint density at radius 1 is 0.962 bits per heavy atom. The predicted molar refractivity (Wildman–Crippen MR) is 101 cm³/mol. The van der Waals surface area contributed by atoms with E-state index in [-0.39, 0.29) is 0 Å². The van der Waals surface area contributed by atoms with Crippen LogP contribution in [-0.4, -0.2) is 46.1 Å². The molecule has 26 heavy (non-hydrogen) atoms. The Balaban J connectivity index is 1.68. The standard InChI is InChI=1S/C20H23N5O/c1-2-6-15(7-3-1)18-17-14-21-25(16-8-4-5-9-16)19(17)23-20(22-18)24-10-12-26-13-11-24/h1-3,6-7,14,16H,4-5,8-13H2. The molecule has 0 N–H and O–H groups in total. The van der Waals surface area contributed by atoms with Gasteiger partial charge in [-0.15, -0.1) is 0 Å². The van der Waals surface area contributed by atoms with Crippen molar-refractivity contribution < 1.29 is 4.74 Å². The van der Waals surface area contributed by atoms with Gasteiger partial charge in [-0.1, -0.05) is 43.2 Å². The molecule has 1 aliphatic carbocycles. The summed E-state index contributed by atoms with van der Waals surface area (Å²) in [4.78, 5) is 12.1. The SMILES string of the molecule is c1ccc(-c2nc(N3CCOCC3)nc3c2cnn3C2CCCC2)cc1. The smallest absolute Gasteiger partial charge is 0.228 e. The maximum absolute atomic E-state index is 5.50. The van der Waals surface area contributed by atoms with Crippen LogP contribution in [-0.2, 0) is 4.74 Å². The highest BCUT2D eigenvalue weighted by Gasteiger charge is 2.24. The zero-order valence-corrected chi connectivity index (χ0v) is 14.8. The second kappa shape index (κ2) is 6.68. The number of anilines is 1. The van der Waals surface area contributed by atoms with Crippen molar-refractivity contribution in [2.75, 3.05) is 31.2 Å². The molecule has 1 saturated heterocycles. The van der Waals surface area contributed by atoms with Crippen LogP contribution in [0, 0.1) is 0 Å². The summed E-state index contributed by atoms with van der Waals surface area (Å²) >= 11 is 0. The van der Waals surface area contributed by atoms with Gasteiger partial charge in [0.2, 0.25) is 5.95 Å². The predicted octanol–water partition coefficient (Wildman–Crippen LogP) is 3.45. The quantitative estimate of drug-likeness (QED) is 0.725. The second-order valence-electron chi connectivity index (χ2n) is 7.10. The van der Waals surface area contributed by atoms with E-state index in [1.165, 1.54) is 25.7 Å². The third kappa shape index (κ3) is 2.74. The summed E-state index contributed by atoms with van der Waals surface area (Å²) in [5.41, 5.74) is 3.05. The molecule has 0 radical (unpaired) electrons. The zero-order valence-electron chi connectivity index (χ0n) is 14.8. The summed E-state index contributed by atoms with van der Waals surface area (Å²) in [7, 11) is 0. The molecule has 6 nitrogen and oxygen atoms in total. The van der Waals surface area contributed by atoms with Crippen LogP contribution in [0.15, 0.2) is 36.5 Å². The third-order valence-electron chi connectivity index (χ3n) is 5.45. The van der Waals surface area contributed by atoms with Crippen molar-refractivity contribution in [3.63, 3.8) is 0 Å². The maximum Gasteiger partial charge on any atom is 0.228 e. The molecule has 2 fully saturated rings. The zero-order chi connectivity index (χ0) is 17.3. The summed E-state index contributed by atoms with van der Waals surface area (Å²) < 4.78 is 7.64. The van der Waals surface area contributed by atoms with E-state index in [1.807, 2.05) is 12.3 Å². The molecular weight excluding hydrogens is 326 g/mol. The monoisotopic (exact) mass is 349 g/mol. The lowest BCUT2D eigenvalue weighted by atomic mass is 10.1. The van der Waals surface area contributed by atoms with Gasteiger partial charge in [-0.25, -0.2) is 9.67 Å². The number of fused-ring (bicyclic) bond motifs is 1. The summed E-state index contributed by atoms with van der Waals surface area (Å²) in [5.74, 6) is 0.791. The molecule has 134 valence electrons. The van der Waals surface area contributed by atoms with E-state index in [9.17, 15) is 0 Å². The van der Waals surface area contributed by atoms with Crippen LogP contribution in [0.4, 0.5) is 5.95 Å². The van der Waals surface area contributed by atoms with Gasteiger partial charge in [0.15, 0.2) is 5.65 Å². The highest BCUT2D eigenvalue weighted by molar-refractivity contribution is 5.91. The Morgan fingerprint density at radius 3 is 2.50 bits per heavy atom. The highest BCUT2D eigenvalue weighted by Crippen LogP contribution is 2.34. The van der Waals surface area contributed by atoms with E-state index < -0.39 is 0 Å². The molecule has 3 heterocycles. The molecule has 6 heteroatoms. The molecule has 0 unspecified atom stereocenters. The van der Waals surface area contributed by atoms with Gasteiger partial charge < -0.3 is 9.64 Å². The van der Waals surface area contributed by atoms with Gasteiger partial charge in [-0.2, -0.15) is 10.1 Å². The third-order valence-corrected chi connectivity index (χ3v) is 5.45. The molecule has 2 aliphatic rings. The number of rotatable bonds is 3. The largest absolute Gasteiger partial charge is 0.378 e. The molecule has 5 rings (SSSR count). The van der Waals surface area contributed by atoms with Gasteiger partial charge in [0, 0.05) is 18.7 Å². The molecule has 0 amide bonds. The van der Waals surface area contributed by atoms with Crippen LogP contribution in [0.3, 0.4) is 0 Å². The molecule has 3 aromatic rings. The fraction of sp³-hybridized carbons (Fsp3) is 0.450. The average molecular weight is 349 g/mol. The van der Waals surface area contributed by atoms with Crippen LogP contribution in [0.25, 0.3) is 22.3 Å². The molecule has 0 atom stereocenters. The van der Waals surface area contributed by atoms with E-state index >= 15 is 0 Å². The van der Waals surface area contributed by atoms with Crippen LogP contribution < -0.4 is 4.90 Å². The number of aromatic nitrogens is 4. The molecule has 1 aliphatic heterocycles. The number of ether oxygens (including phenoxy) is 1. The summed E-state index contributed by atoms with van der Waals surface area (Å²) in [6, 6.07) is 10.8. The molecular formula is C20H23N5O. The lowest BCUT2D eigenvalue weighted by molar-refractivity contribution is 0.122. The van der Waals surface area contributed by atoms with E-state index in [0.29, 0.717) is 6.04 Å². The van der Waals surface area contributed by atoms with Crippen molar-refractivity contribution in [3.05, 3.63) is 36.5 Å². The van der Waals surface area contributed by atoms with Gasteiger partial charge in [0.1, 0.15) is 0 Å². The fourth-order valence-corrected chi connectivity index (χ4v) is 4.05. The van der Waals surface area contributed by atoms with Crippen molar-refractivity contribution in [2.45, 2.75) is 31.7 Å². The number of hydrogen-bond acceptors (Lipinski definition) is 5. The lowest BCUT2D eigenvalue weighted by Gasteiger charge is -2.27. The average Bonchev–Trinajstić information content (AvgIpc) is 3.38. The minimum atomic E-state index is 0.462. The van der Waals surface area contributed by atoms with E-state index in [0.717, 1.165) is 54.5 Å². The molecule has 1 aromatic carbocycles. The van der Waals surface area contributed by atoms with Crippen molar-refractivity contribution in [1.29, 1.82) is 0 Å². The van der Waals surface area contributed by atoms with Crippen molar-refractivity contribution >= 4 is 17.0 Å². The Kier molecular flexibility index (Phi) is 4.05. The van der Waals surface area contributed by atoms with Gasteiger partial charge in [-0.3, -0.25) is 0 Å². The molecule has 1 saturated carbocycles. The first-order valence-electron chi connectivity index (χ1n) is 9.53. The maximum atomic E-state index is 5.50. The normalized spacial score (nSPS) is 18.7. The molecule has 2 aromatic heterocycles. The topological polar surface area (TPSA) is 56.1 Å². The fourth-order valence-electron chi connectivity index (χ4n) is 4.05. The Bertz CT molecular complexity index is 895. The van der Waals surface area contributed by atoms with Crippen molar-refractivity contribution in [1.82, 2.24) is 19.7 Å². The van der Waals surface area contributed by atoms with Crippen LogP contribution in [0.2, 0.25) is 0 Å². The minimum Gasteiger partial charge on any atom is -0.378 e. The van der Waals surface area contributed by atoms with Gasteiger partial charge in [0.05, 0.1) is 36.5 Å². The summed E-state index contributed by atoms with van der Waals surface area (Å²) in [6.07, 6.45) is 6.87. The van der Waals surface area contributed by atoms with Crippen molar-refractivity contribution in [2.24, 2.45) is 0 Å². The summed E-state index contributed by atoms with van der Waals surface area (Å²) in [6.45, 7) is 3.11. The first-order valence-corrected chi connectivity index (χ1v) is 9.53. The van der Waals surface area contributed by atoms with Gasteiger partial charge in [-0.05, 0) is 12.8 Å². The van der Waals surface area contributed by atoms with Crippen molar-refractivity contribution in [3.8, 4) is 11.3 Å². The number of morpholine rings is 1. The number of hydrogen-bond donors (Lipinski definition) is 0. The van der Waals surface area contributed by atoms with Gasteiger partial charge >= 0.3 is 0 Å². The first-order chi connectivity index (χ1) is 12.9. The first kappa shape index (κ1) is 15.8. The van der Waals surface area contributed by atoms with E-state index in [2.05, 4.69) is 33.8 Å². The second-order valence-corrected chi connectivity index (χ2v) is 7.10. The van der Waals surface area contributed by atoms with Crippen LogP contribution in [0.1, 0.15) is 31.7 Å². The Hall–Kier alpha value is -2.47. The van der Waals surface area contributed by atoms with E-state index in [1.54, 1.807) is 0 Å². The van der Waals surface area contributed by atoms with Gasteiger partial charge in [0.25, 0.3) is 0 Å². The lowest BCUT2D eigenvalue weighted by Crippen LogP contribution is -2.37. The molecule has 0 spiro atoms.